The number of hydrogen-bond acceptors (Lipinski definition) is 3. The Bertz CT molecular complexity index is 296. The highest BCUT2D eigenvalue weighted by molar-refractivity contribution is 4.90. The first kappa shape index (κ1) is 13.2. The van der Waals surface area contributed by atoms with Crippen molar-refractivity contribution >= 4 is 0 Å². The number of aromatic nitrogens is 3. The molecule has 16 heavy (non-hydrogen) atoms. The predicted octanol–water partition coefficient (Wildman–Crippen LogP) is 1.85. The summed E-state index contributed by atoms with van der Waals surface area (Å²) in [6, 6.07) is 0.201. The first-order valence-corrected chi connectivity index (χ1v) is 6.18. The van der Waals surface area contributed by atoms with Gasteiger partial charge < -0.3 is 5.73 Å². The monoisotopic (exact) mass is 224 g/mol. The second-order valence-corrected chi connectivity index (χ2v) is 4.87. The van der Waals surface area contributed by atoms with Gasteiger partial charge in [-0.3, -0.25) is 4.68 Å². The molecule has 0 radical (unpaired) electrons. The fourth-order valence-corrected chi connectivity index (χ4v) is 2.08. The summed E-state index contributed by atoms with van der Waals surface area (Å²) in [6.45, 7) is 9.60. The van der Waals surface area contributed by atoms with Crippen LogP contribution in [-0.4, -0.2) is 20.8 Å². The lowest BCUT2D eigenvalue weighted by molar-refractivity contribution is 0.318. The molecule has 2 atom stereocenters. The van der Waals surface area contributed by atoms with Gasteiger partial charge in [0.2, 0.25) is 0 Å². The minimum absolute atomic E-state index is 0.201. The average molecular weight is 224 g/mol. The molecule has 92 valence electrons. The van der Waals surface area contributed by atoms with Crippen LogP contribution in [0.3, 0.4) is 0 Å². The number of nitrogens with two attached hydrogens (primary N) is 1. The number of hydrogen-bond donors (Lipinski definition) is 1. The molecule has 0 aromatic carbocycles. The Morgan fingerprint density at radius 2 is 2.06 bits per heavy atom. The van der Waals surface area contributed by atoms with E-state index in [0.29, 0.717) is 11.8 Å². The Morgan fingerprint density at radius 1 is 1.38 bits per heavy atom. The summed E-state index contributed by atoms with van der Waals surface area (Å²) >= 11 is 0. The molecule has 0 spiro atoms. The van der Waals surface area contributed by atoms with Gasteiger partial charge in [0, 0.05) is 19.0 Å². The zero-order chi connectivity index (χ0) is 12.1. The SMILES string of the molecule is CCCn1ncnc1CC(C(C)C)C(C)N. The molecule has 0 saturated carbocycles. The van der Waals surface area contributed by atoms with E-state index >= 15 is 0 Å². The topological polar surface area (TPSA) is 56.7 Å². The molecule has 2 unspecified atom stereocenters. The standard InChI is InChI=1S/C12H24N4/c1-5-6-16-12(14-8-15-16)7-11(9(2)3)10(4)13/h8-11H,5-7,13H2,1-4H3. The third-order valence-corrected chi connectivity index (χ3v) is 3.08. The predicted molar refractivity (Wildman–Crippen MR) is 66.0 cm³/mol. The lowest BCUT2D eigenvalue weighted by Crippen LogP contribution is -2.33. The van der Waals surface area contributed by atoms with Crippen LogP contribution in [0.2, 0.25) is 0 Å². The summed E-state index contributed by atoms with van der Waals surface area (Å²) in [7, 11) is 0. The Morgan fingerprint density at radius 3 is 2.56 bits per heavy atom. The first-order chi connectivity index (χ1) is 7.56. The van der Waals surface area contributed by atoms with E-state index in [1.807, 2.05) is 4.68 Å². The maximum absolute atomic E-state index is 6.02. The van der Waals surface area contributed by atoms with Crippen LogP contribution < -0.4 is 5.73 Å². The lowest BCUT2D eigenvalue weighted by Gasteiger charge is -2.24. The van der Waals surface area contributed by atoms with Gasteiger partial charge in [-0.25, -0.2) is 4.98 Å². The van der Waals surface area contributed by atoms with E-state index in [1.165, 1.54) is 0 Å². The maximum atomic E-state index is 6.02. The van der Waals surface area contributed by atoms with Gasteiger partial charge in [0.05, 0.1) is 0 Å². The Labute approximate surface area is 98.2 Å². The van der Waals surface area contributed by atoms with E-state index in [-0.39, 0.29) is 6.04 Å². The Hall–Kier alpha value is -0.900. The molecule has 4 heteroatoms. The van der Waals surface area contributed by atoms with E-state index in [4.69, 9.17) is 5.73 Å². The molecule has 4 nitrogen and oxygen atoms in total. The maximum Gasteiger partial charge on any atom is 0.138 e. The van der Waals surface area contributed by atoms with Gasteiger partial charge in [0.15, 0.2) is 0 Å². The average Bonchev–Trinajstić information content (AvgIpc) is 2.61. The van der Waals surface area contributed by atoms with Crippen molar-refractivity contribution in [1.29, 1.82) is 0 Å². The summed E-state index contributed by atoms with van der Waals surface area (Å²) in [4.78, 5) is 4.34. The van der Waals surface area contributed by atoms with Gasteiger partial charge in [-0.1, -0.05) is 20.8 Å². The zero-order valence-corrected chi connectivity index (χ0v) is 10.8. The highest BCUT2D eigenvalue weighted by Crippen LogP contribution is 2.18. The Balaban J connectivity index is 2.73. The van der Waals surface area contributed by atoms with Crippen molar-refractivity contribution in [1.82, 2.24) is 14.8 Å². The third kappa shape index (κ3) is 3.30. The van der Waals surface area contributed by atoms with Gasteiger partial charge in [-0.15, -0.1) is 0 Å². The molecule has 0 aliphatic carbocycles. The number of rotatable bonds is 6. The Kier molecular flexibility index (Phi) is 4.93. The van der Waals surface area contributed by atoms with E-state index in [2.05, 4.69) is 37.8 Å². The van der Waals surface area contributed by atoms with Crippen LogP contribution in [0.1, 0.15) is 39.9 Å². The van der Waals surface area contributed by atoms with Crippen molar-refractivity contribution in [3.05, 3.63) is 12.2 Å². The van der Waals surface area contributed by atoms with Crippen LogP contribution in [0.25, 0.3) is 0 Å². The van der Waals surface area contributed by atoms with Crippen molar-refractivity contribution in [2.24, 2.45) is 17.6 Å². The van der Waals surface area contributed by atoms with Crippen LogP contribution in [0.4, 0.5) is 0 Å². The van der Waals surface area contributed by atoms with E-state index in [9.17, 15) is 0 Å². The van der Waals surface area contributed by atoms with Crippen molar-refractivity contribution in [3.63, 3.8) is 0 Å². The third-order valence-electron chi connectivity index (χ3n) is 3.08. The second-order valence-electron chi connectivity index (χ2n) is 4.87. The van der Waals surface area contributed by atoms with Gasteiger partial charge >= 0.3 is 0 Å². The molecular formula is C12H24N4. The largest absolute Gasteiger partial charge is 0.328 e. The van der Waals surface area contributed by atoms with Gasteiger partial charge in [-0.05, 0) is 25.2 Å². The lowest BCUT2D eigenvalue weighted by atomic mass is 9.86. The van der Waals surface area contributed by atoms with Crippen LogP contribution in [0.5, 0.6) is 0 Å². The molecule has 0 fully saturated rings. The molecule has 1 aromatic heterocycles. The number of aryl methyl sites for hydroxylation is 1. The van der Waals surface area contributed by atoms with E-state index < -0.39 is 0 Å². The zero-order valence-electron chi connectivity index (χ0n) is 10.8. The van der Waals surface area contributed by atoms with Crippen molar-refractivity contribution in [2.75, 3.05) is 0 Å². The van der Waals surface area contributed by atoms with Crippen LogP contribution in [0, 0.1) is 11.8 Å². The van der Waals surface area contributed by atoms with Crippen LogP contribution in [0.15, 0.2) is 6.33 Å². The van der Waals surface area contributed by atoms with Crippen LogP contribution >= 0.6 is 0 Å². The summed E-state index contributed by atoms with van der Waals surface area (Å²) in [5.41, 5.74) is 6.02. The summed E-state index contributed by atoms with van der Waals surface area (Å²) in [6.07, 6.45) is 3.65. The van der Waals surface area contributed by atoms with Gasteiger partial charge in [-0.2, -0.15) is 5.10 Å². The summed E-state index contributed by atoms with van der Waals surface area (Å²) in [5.74, 6) is 2.12. The smallest absolute Gasteiger partial charge is 0.138 e. The fraction of sp³-hybridized carbons (Fsp3) is 0.833. The molecule has 0 aliphatic heterocycles. The minimum atomic E-state index is 0.201. The fourth-order valence-electron chi connectivity index (χ4n) is 2.08. The summed E-state index contributed by atoms with van der Waals surface area (Å²) in [5, 5.41) is 4.24. The van der Waals surface area contributed by atoms with Gasteiger partial charge in [0.25, 0.3) is 0 Å². The first-order valence-electron chi connectivity index (χ1n) is 6.18. The van der Waals surface area contributed by atoms with E-state index in [0.717, 1.165) is 25.2 Å². The minimum Gasteiger partial charge on any atom is -0.328 e. The van der Waals surface area contributed by atoms with Crippen molar-refractivity contribution < 1.29 is 0 Å². The van der Waals surface area contributed by atoms with Crippen molar-refractivity contribution in [3.8, 4) is 0 Å². The quantitative estimate of drug-likeness (QED) is 0.802. The summed E-state index contributed by atoms with van der Waals surface area (Å²) < 4.78 is 2.00. The molecule has 1 aromatic rings. The van der Waals surface area contributed by atoms with Crippen molar-refractivity contribution in [2.45, 2.75) is 53.1 Å². The molecule has 0 amide bonds. The van der Waals surface area contributed by atoms with Gasteiger partial charge in [0.1, 0.15) is 12.2 Å². The highest BCUT2D eigenvalue weighted by atomic mass is 15.3. The molecule has 0 aliphatic rings. The number of nitrogens with zero attached hydrogens (tertiary/aromatic N) is 3. The molecule has 0 bridgehead atoms. The van der Waals surface area contributed by atoms with Crippen LogP contribution in [-0.2, 0) is 13.0 Å². The molecule has 0 saturated heterocycles. The molecule has 1 heterocycles. The second kappa shape index (κ2) is 5.99. The normalized spacial score (nSPS) is 15.4. The molecule has 1 rings (SSSR count). The highest BCUT2D eigenvalue weighted by Gasteiger charge is 2.20. The molecular weight excluding hydrogens is 200 g/mol. The van der Waals surface area contributed by atoms with E-state index in [1.54, 1.807) is 6.33 Å². The molecule has 2 N–H and O–H groups in total.